The van der Waals surface area contributed by atoms with Crippen molar-refractivity contribution in [3.05, 3.63) is 0 Å². The lowest BCUT2D eigenvalue weighted by Crippen LogP contribution is -2.25. The van der Waals surface area contributed by atoms with Gasteiger partial charge in [-0.3, -0.25) is 4.79 Å². The predicted octanol–water partition coefficient (Wildman–Crippen LogP) is 1.65. The molecule has 3 nitrogen and oxygen atoms in total. The van der Waals surface area contributed by atoms with E-state index >= 15 is 0 Å². The number of hydrogen-bond acceptors (Lipinski definition) is 2. The van der Waals surface area contributed by atoms with E-state index in [1.165, 1.54) is 0 Å². The van der Waals surface area contributed by atoms with Crippen molar-refractivity contribution >= 4 is 5.97 Å². The summed E-state index contributed by atoms with van der Waals surface area (Å²) in [5.41, 5.74) is 0. The number of aliphatic hydroxyl groups excluding tert-OH is 1. The molecule has 2 N–H and O–H groups in total. The summed E-state index contributed by atoms with van der Waals surface area (Å²) in [6.07, 6.45) is 2.97. The number of rotatable bonds is 6. The van der Waals surface area contributed by atoms with Gasteiger partial charge in [-0.25, -0.2) is 0 Å². The molecule has 0 radical (unpaired) electrons. The van der Waals surface area contributed by atoms with Gasteiger partial charge in [-0.1, -0.05) is 26.2 Å². The second kappa shape index (κ2) is 6.00. The first-order valence-corrected chi connectivity index (χ1v) is 4.50. The van der Waals surface area contributed by atoms with Crippen LogP contribution in [0.1, 0.15) is 39.5 Å². The number of carboxylic acids is 1. The fraction of sp³-hybridized carbons (Fsp3) is 0.889. The summed E-state index contributed by atoms with van der Waals surface area (Å²) in [6, 6.07) is 0. The highest BCUT2D eigenvalue weighted by atomic mass is 16.4. The van der Waals surface area contributed by atoms with Crippen LogP contribution >= 0.6 is 0 Å². The smallest absolute Gasteiger partial charge is 0.308 e. The van der Waals surface area contributed by atoms with Crippen LogP contribution in [0.5, 0.6) is 0 Å². The van der Waals surface area contributed by atoms with E-state index in [1.54, 1.807) is 6.92 Å². The molecule has 0 aromatic rings. The van der Waals surface area contributed by atoms with Crippen molar-refractivity contribution in [1.82, 2.24) is 0 Å². The molecule has 0 saturated heterocycles. The second-order valence-corrected chi connectivity index (χ2v) is 3.19. The molecule has 0 spiro atoms. The van der Waals surface area contributed by atoms with Gasteiger partial charge in [-0.15, -0.1) is 0 Å². The number of aliphatic hydroxyl groups is 1. The van der Waals surface area contributed by atoms with Crippen LogP contribution in [0.25, 0.3) is 0 Å². The SMILES string of the molecule is CCCCCC(O)C(C)C(=O)O. The summed E-state index contributed by atoms with van der Waals surface area (Å²) in [4.78, 5) is 10.4. The number of carbonyl (C=O) groups is 1. The Kier molecular flexibility index (Phi) is 5.72. The summed E-state index contributed by atoms with van der Waals surface area (Å²) in [5, 5.41) is 17.9. The Labute approximate surface area is 73.4 Å². The van der Waals surface area contributed by atoms with Crippen LogP contribution < -0.4 is 0 Å². The molecule has 2 atom stereocenters. The van der Waals surface area contributed by atoms with E-state index in [0.29, 0.717) is 6.42 Å². The Bertz CT molecular complexity index is 134. The minimum Gasteiger partial charge on any atom is -0.481 e. The van der Waals surface area contributed by atoms with E-state index < -0.39 is 18.0 Å². The molecule has 2 unspecified atom stereocenters. The molecule has 0 aliphatic rings. The standard InChI is InChI=1S/C9H18O3/c1-3-4-5-6-8(10)7(2)9(11)12/h7-8,10H,3-6H2,1-2H3,(H,11,12). The van der Waals surface area contributed by atoms with Crippen molar-refractivity contribution in [1.29, 1.82) is 0 Å². The topological polar surface area (TPSA) is 57.5 Å². The third kappa shape index (κ3) is 4.34. The Morgan fingerprint density at radius 1 is 1.42 bits per heavy atom. The molecule has 0 aromatic carbocycles. The highest BCUT2D eigenvalue weighted by Gasteiger charge is 2.20. The van der Waals surface area contributed by atoms with E-state index in [4.69, 9.17) is 5.11 Å². The fourth-order valence-electron chi connectivity index (χ4n) is 1.02. The summed E-state index contributed by atoms with van der Waals surface area (Å²) in [6.45, 7) is 3.62. The van der Waals surface area contributed by atoms with Gasteiger partial charge in [0.1, 0.15) is 0 Å². The van der Waals surface area contributed by atoms with E-state index in [0.717, 1.165) is 19.3 Å². The van der Waals surface area contributed by atoms with Gasteiger partial charge in [0, 0.05) is 0 Å². The molecule has 3 heteroatoms. The normalized spacial score (nSPS) is 15.6. The van der Waals surface area contributed by atoms with Crippen LogP contribution in [0.3, 0.4) is 0 Å². The van der Waals surface area contributed by atoms with Gasteiger partial charge in [0.25, 0.3) is 0 Å². The van der Waals surface area contributed by atoms with Gasteiger partial charge in [0.05, 0.1) is 12.0 Å². The molecule has 0 rings (SSSR count). The van der Waals surface area contributed by atoms with Crippen molar-refractivity contribution in [2.24, 2.45) is 5.92 Å². The van der Waals surface area contributed by atoms with Gasteiger partial charge in [-0.05, 0) is 13.3 Å². The lowest BCUT2D eigenvalue weighted by molar-refractivity contribution is -0.144. The van der Waals surface area contributed by atoms with Crippen LogP contribution in [-0.2, 0) is 4.79 Å². The quantitative estimate of drug-likeness (QED) is 0.602. The zero-order valence-corrected chi connectivity index (χ0v) is 7.79. The van der Waals surface area contributed by atoms with Gasteiger partial charge < -0.3 is 10.2 Å². The molecular weight excluding hydrogens is 156 g/mol. The molecular formula is C9H18O3. The fourth-order valence-corrected chi connectivity index (χ4v) is 1.02. The predicted molar refractivity (Wildman–Crippen MR) is 46.9 cm³/mol. The molecule has 72 valence electrons. The van der Waals surface area contributed by atoms with E-state index in [-0.39, 0.29) is 0 Å². The Hall–Kier alpha value is -0.570. The first kappa shape index (κ1) is 11.4. The van der Waals surface area contributed by atoms with Crippen LogP contribution in [0, 0.1) is 5.92 Å². The maximum absolute atomic E-state index is 10.4. The van der Waals surface area contributed by atoms with Crippen LogP contribution in [0.4, 0.5) is 0 Å². The Morgan fingerprint density at radius 2 is 2.00 bits per heavy atom. The molecule has 0 saturated carbocycles. The number of hydrogen-bond donors (Lipinski definition) is 2. The van der Waals surface area contributed by atoms with Crippen LogP contribution in [0.15, 0.2) is 0 Å². The lowest BCUT2D eigenvalue weighted by atomic mass is 9.99. The van der Waals surface area contributed by atoms with Crippen molar-refractivity contribution in [3.63, 3.8) is 0 Å². The zero-order chi connectivity index (χ0) is 9.56. The van der Waals surface area contributed by atoms with E-state index in [9.17, 15) is 9.90 Å². The maximum atomic E-state index is 10.4. The lowest BCUT2D eigenvalue weighted by Gasteiger charge is -2.13. The molecule has 0 aliphatic heterocycles. The third-order valence-electron chi connectivity index (χ3n) is 2.07. The van der Waals surface area contributed by atoms with Crippen molar-refractivity contribution < 1.29 is 15.0 Å². The summed E-state index contributed by atoms with van der Waals surface area (Å²) >= 11 is 0. The van der Waals surface area contributed by atoms with Crippen LogP contribution in [-0.4, -0.2) is 22.3 Å². The largest absolute Gasteiger partial charge is 0.481 e. The maximum Gasteiger partial charge on any atom is 0.308 e. The van der Waals surface area contributed by atoms with E-state index in [1.807, 2.05) is 0 Å². The minimum atomic E-state index is -0.918. The summed E-state index contributed by atoms with van der Waals surface area (Å²) in [5.74, 6) is -1.55. The molecule has 0 aliphatic carbocycles. The highest BCUT2D eigenvalue weighted by Crippen LogP contribution is 2.11. The molecule has 0 fully saturated rings. The van der Waals surface area contributed by atoms with E-state index in [2.05, 4.69) is 6.92 Å². The first-order valence-electron chi connectivity index (χ1n) is 4.50. The molecule has 12 heavy (non-hydrogen) atoms. The number of aliphatic carboxylic acids is 1. The number of unbranched alkanes of at least 4 members (excludes halogenated alkanes) is 2. The zero-order valence-electron chi connectivity index (χ0n) is 7.79. The Morgan fingerprint density at radius 3 is 2.42 bits per heavy atom. The van der Waals surface area contributed by atoms with Gasteiger partial charge >= 0.3 is 5.97 Å². The summed E-state index contributed by atoms with van der Waals surface area (Å²) < 4.78 is 0. The average Bonchev–Trinajstić information content (AvgIpc) is 2.03. The van der Waals surface area contributed by atoms with Crippen molar-refractivity contribution in [2.45, 2.75) is 45.6 Å². The van der Waals surface area contributed by atoms with Crippen LogP contribution in [0.2, 0.25) is 0 Å². The van der Waals surface area contributed by atoms with Gasteiger partial charge in [0.15, 0.2) is 0 Å². The average molecular weight is 174 g/mol. The van der Waals surface area contributed by atoms with Gasteiger partial charge in [-0.2, -0.15) is 0 Å². The number of carboxylic acid groups (broad SMARTS) is 1. The molecule has 0 aromatic heterocycles. The molecule has 0 bridgehead atoms. The molecule has 0 amide bonds. The summed E-state index contributed by atoms with van der Waals surface area (Å²) in [7, 11) is 0. The Balaban J connectivity index is 3.56. The van der Waals surface area contributed by atoms with Crippen molar-refractivity contribution in [2.75, 3.05) is 0 Å². The second-order valence-electron chi connectivity index (χ2n) is 3.19. The third-order valence-corrected chi connectivity index (χ3v) is 2.07. The van der Waals surface area contributed by atoms with Crippen molar-refractivity contribution in [3.8, 4) is 0 Å². The minimum absolute atomic E-state index is 0.599. The van der Waals surface area contributed by atoms with Gasteiger partial charge in [0.2, 0.25) is 0 Å². The molecule has 0 heterocycles. The first-order chi connectivity index (χ1) is 5.59. The highest BCUT2D eigenvalue weighted by molar-refractivity contribution is 5.70. The monoisotopic (exact) mass is 174 g/mol.